The summed E-state index contributed by atoms with van der Waals surface area (Å²) in [5.74, 6) is 0.497. The lowest BCUT2D eigenvalue weighted by atomic mass is 10.2. The van der Waals surface area contributed by atoms with Gasteiger partial charge in [-0.25, -0.2) is 4.98 Å². The van der Waals surface area contributed by atoms with Gasteiger partial charge in [-0.15, -0.1) is 0 Å². The fourth-order valence-corrected chi connectivity index (χ4v) is 1.98. The number of methoxy groups -OCH3 is 1. The molecule has 20 heavy (non-hydrogen) atoms. The first-order valence-corrected chi connectivity index (χ1v) is 6.06. The van der Waals surface area contributed by atoms with Crippen LogP contribution < -0.4 is 5.56 Å². The van der Waals surface area contributed by atoms with E-state index in [1.807, 2.05) is 18.2 Å². The van der Waals surface area contributed by atoms with Crippen LogP contribution in [0.25, 0.3) is 22.4 Å². The van der Waals surface area contributed by atoms with E-state index in [1.54, 1.807) is 19.5 Å². The molecule has 1 N–H and O–H groups in total. The minimum Gasteiger partial charge on any atom is -0.378 e. The topological polar surface area (TPSA) is 80.8 Å². The summed E-state index contributed by atoms with van der Waals surface area (Å²) in [5.41, 5.74) is 2.72. The van der Waals surface area contributed by atoms with Crippen LogP contribution in [0.1, 0.15) is 5.69 Å². The number of rotatable bonds is 3. The molecule has 0 aliphatic rings. The smallest absolute Gasteiger partial charge is 0.251 e. The van der Waals surface area contributed by atoms with E-state index >= 15 is 0 Å². The second-order valence-electron chi connectivity index (χ2n) is 4.28. The number of aromatic nitrogens is 4. The number of H-pyrrole nitrogens is 1. The molecule has 3 rings (SSSR count). The van der Waals surface area contributed by atoms with Gasteiger partial charge in [0.1, 0.15) is 5.82 Å². The maximum atomic E-state index is 11.6. The Kier molecular flexibility index (Phi) is 3.22. The van der Waals surface area contributed by atoms with Crippen molar-refractivity contribution in [2.45, 2.75) is 6.61 Å². The first kappa shape index (κ1) is 12.4. The van der Waals surface area contributed by atoms with Gasteiger partial charge in [0.25, 0.3) is 5.56 Å². The molecule has 0 aliphatic heterocycles. The van der Waals surface area contributed by atoms with E-state index in [4.69, 9.17) is 4.74 Å². The standard InChI is InChI=1S/C14H12N4O2/c1-20-8-10-7-13(19)18-14(17-10)9-2-3-11-12(6-9)16-5-4-15-11/h2-7H,8H2,1H3,(H,17,18,19). The first-order chi connectivity index (χ1) is 9.76. The number of hydrogen-bond acceptors (Lipinski definition) is 5. The lowest BCUT2D eigenvalue weighted by molar-refractivity contribution is 0.181. The Balaban J connectivity index is 2.12. The quantitative estimate of drug-likeness (QED) is 0.779. The van der Waals surface area contributed by atoms with E-state index in [-0.39, 0.29) is 5.56 Å². The molecule has 0 saturated heterocycles. The molecular formula is C14H12N4O2. The zero-order valence-corrected chi connectivity index (χ0v) is 10.8. The number of nitrogens with one attached hydrogen (secondary N) is 1. The van der Waals surface area contributed by atoms with Crippen LogP contribution >= 0.6 is 0 Å². The van der Waals surface area contributed by atoms with Crippen LogP contribution in [0.4, 0.5) is 0 Å². The van der Waals surface area contributed by atoms with Crippen LogP contribution in [0.5, 0.6) is 0 Å². The van der Waals surface area contributed by atoms with E-state index < -0.39 is 0 Å². The van der Waals surface area contributed by atoms with Crippen molar-refractivity contribution in [1.29, 1.82) is 0 Å². The van der Waals surface area contributed by atoms with Gasteiger partial charge in [-0.2, -0.15) is 0 Å². The van der Waals surface area contributed by atoms with Crippen molar-refractivity contribution in [3.05, 3.63) is 52.7 Å². The Bertz CT molecular complexity index is 813. The number of fused-ring (bicyclic) bond motifs is 1. The number of benzene rings is 1. The molecule has 0 spiro atoms. The summed E-state index contributed by atoms with van der Waals surface area (Å²) in [4.78, 5) is 27.2. The van der Waals surface area contributed by atoms with Crippen LogP contribution in [-0.2, 0) is 11.3 Å². The molecular weight excluding hydrogens is 256 g/mol. The van der Waals surface area contributed by atoms with Gasteiger partial charge < -0.3 is 9.72 Å². The largest absolute Gasteiger partial charge is 0.378 e. The molecule has 0 radical (unpaired) electrons. The molecule has 0 saturated carbocycles. The number of nitrogens with zero attached hydrogens (tertiary/aromatic N) is 3. The van der Waals surface area contributed by atoms with E-state index in [0.717, 1.165) is 16.6 Å². The van der Waals surface area contributed by atoms with Crippen molar-refractivity contribution in [2.24, 2.45) is 0 Å². The monoisotopic (exact) mass is 268 g/mol. The zero-order valence-electron chi connectivity index (χ0n) is 10.8. The highest BCUT2D eigenvalue weighted by Crippen LogP contribution is 2.18. The molecule has 0 bridgehead atoms. The summed E-state index contributed by atoms with van der Waals surface area (Å²) in [7, 11) is 1.56. The normalized spacial score (nSPS) is 10.8. The molecule has 2 heterocycles. The maximum Gasteiger partial charge on any atom is 0.251 e. The third kappa shape index (κ3) is 2.41. The van der Waals surface area contributed by atoms with E-state index in [0.29, 0.717) is 18.1 Å². The lowest BCUT2D eigenvalue weighted by Gasteiger charge is -2.04. The SMILES string of the molecule is COCc1cc(=O)[nH]c(-c2ccc3nccnc3c2)n1. The summed E-state index contributed by atoms with van der Waals surface area (Å²) in [6.07, 6.45) is 3.27. The molecule has 3 aromatic rings. The molecule has 100 valence electrons. The van der Waals surface area contributed by atoms with E-state index in [1.165, 1.54) is 6.07 Å². The third-order valence-corrected chi connectivity index (χ3v) is 2.83. The molecule has 1 aromatic carbocycles. The van der Waals surface area contributed by atoms with Crippen LogP contribution in [0.15, 0.2) is 41.5 Å². The van der Waals surface area contributed by atoms with Gasteiger partial charge in [-0.05, 0) is 18.2 Å². The Morgan fingerprint density at radius 2 is 1.95 bits per heavy atom. The summed E-state index contributed by atoms with van der Waals surface area (Å²) in [6.45, 7) is 0.296. The minimum absolute atomic E-state index is 0.207. The van der Waals surface area contributed by atoms with E-state index in [2.05, 4.69) is 19.9 Å². The summed E-state index contributed by atoms with van der Waals surface area (Å²) >= 11 is 0. The fourth-order valence-electron chi connectivity index (χ4n) is 1.98. The Hall–Kier alpha value is -2.60. The van der Waals surface area contributed by atoms with Gasteiger partial charge in [-0.3, -0.25) is 14.8 Å². The Morgan fingerprint density at radius 3 is 2.75 bits per heavy atom. The molecule has 6 nitrogen and oxygen atoms in total. The predicted molar refractivity (Wildman–Crippen MR) is 74.1 cm³/mol. The average molecular weight is 268 g/mol. The van der Waals surface area contributed by atoms with Gasteiger partial charge in [0.05, 0.1) is 23.3 Å². The summed E-state index contributed by atoms with van der Waals surface area (Å²) in [6, 6.07) is 6.97. The van der Waals surface area contributed by atoms with Crippen LogP contribution in [0, 0.1) is 0 Å². The van der Waals surface area contributed by atoms with Crippen molar-refractivity contribution in [2.75, 3.05) is 7.11 Å². The predicted octanol–water partition coefficient (Wildman–Crippen LogP) is 1.53. The number of hydrogen-bond donors (Lipinski definition) is 1. The van der Waals surface area contributed by atoms with Crippen molar-refractivity contribution in [3.63, 3.8) is 0 Å². The van der Waals surface area contributed by atoms with Gasteiger partial charge >= 0.3 is 0 Å². The Morgan fingerprint density at radius 1 is 1.15 bits per heavy atom. The van der Waals surface area contributed by atoms with Gasteiger partial charge in [0.2, 0.25) is 0 Å². The highest BCUT2D eigenvalue weighted by molar-refractivity contribution is 5.79. The Labute approximate surface area is 114 Å². The van der Waals surface area contributed by atoms with Crippen LogP contribution in [0.2, 0.25) is 0 Å². The summed E-state index contributed by atoms with van der Waals surface area (Å²) in [5, 5.41) is 0. The minimum atomic E-state index is -0.207. The summed E-state index contributed by atoms with van der Waals surface area (Å²) < 4.78 is 5.01. The molecule has 0 atom stereocenters. The number of aromatic amines is 1. The average Bonchev–Trinajstić information content (AvgIpc) is 2.46. The van der Waals surface area contributed by atoms with Crippen molar-refractivity contribution >= 4 is 11.0 Å². The molecule has 0 fully saturated rings. The highest BCUT2D eigenvalue weighted by atomic mass is 16.5. The molecule has 0 unspecified atom stereocenters. The molecule has 0 aliphatic carbocycles. The maximum absolute atomic E-state index is 11.6. The van der Waals surface area contributed by atoms with Crippen molar-refractivity contribution in [1.82, 2.24) is 19.9 Å². The van der Waals surface area contributed by atoms with Gasteiger partial charge in [0.15, 0.2) is 0 Å². The second kappa shape index (κ2) is 5.18. The second-order valence-corrected chi connectivity index (χ2v) is 4.28. The van der Waals surface area contributed by atoms with E-state index in [9.17, 15) is 4.79 Å². The number of ether oxygens (including phenoxy) is 1. The third-order valence-electron chi connectivity index (χ3n) is 2.83. The van der Waals surface area contributed by atoms with Gasteiger partial charge in [0, 0.05) is 31.1 Å². The molecule has 6 heteroatoms. The van der Waals surface area contributed by atoms with Crippen LogP contribution in [-0.4, -0.2) is 27.0 Å². The zero-order chi connectivity index (χ0) is 13.9. The highest BCUT2D eigenvalue weighted by Gasteiger charge is 2.06. The molecule has 0 amide bonds. The fraction of sp³-hybridized carbons (Fsp3) is 0.143. The lowest BCUT2D eigenvalue weighted by Crippen LogP contribution is -2.10. The van der Waals surface area contributed by atoms with Gasteiger partial charge in [-0.1, -0.05) is 0 Å². The first-order valence-electron chi connectivity index (χ1n) is 6.06. The van der Waals surface area contributed by atoms with Crippen molar-refractivity contribution in [3.8, 4) is 11.4 Å². The molecule has 2 aromatic heterocycles. The van der Waals surface area contributed by atoms with Crippen LogP contribution in [0.3, 0.4) is 0 Å². The van der Waals surface area contributed by atoms with Crippen molar-refractivity contribution < 1.29 is 4.74 Å².